The van der Waals surface area contributed by atoms with Crippen molar-refractivity contribution in [3.63, 3.8) is 0 Å². The first-order chi connectivity index (χ1) is 10.6. The molecule has 8 heteroatoms. The highest BCUT2D eigenvalue weighted by molar-refractivity contribution is 6.29. The number of hydrogen-bond donors (Lipinski definition) is 0. The van der Waals surface area contributed by atoms with Crippen molar-refractivity contribution in [3.8, 4) is 22.7 Å². The van der Waals surface area contributed by atoms with Crippen LogP contribution in [0, 0.1) is 0 Å². The molecule has 3 rings (SSSR count). The Morgan fingerprint density at radius 2 is 2.05 bits per heavy atom. The SMILES string of the molecule is FC(F)Oc1cnc(Cl)cc1-c1ccc(-n2cccn2)nc1. The van der Waals surface area contributed by atoms with Crippen LogP contribution in [-0.2, 0) is 0 Å². The molecule has 112 valence electrons. The Labute approximate surface area is 129 Å². The maximum Gasteiger partial charge on any atom is 0.387 e. The van der Waals surface area contributed by atoms with Crippen LogP contribution in [0.1, 0.15) is 0 Å². The number of alkyl halides is 2. The maximum atomic E-state index is 12.5. The first-order valence-electron chi connectivity index (χ1n) is 6.20. The van der Waals surface area contributed by atoms with Gasteiger partial charge in [-0.05, 0) is 24.3 Å². The smallest absolute Gasteiger partial charge is 0.387 e. The van der Waals surface area contributed by atoms with E-state index in [4.69, 9.17) is 11.6 Å². The second-order valence-corrected chi connectivity index (χ2v) is 4.62. The monoisotopic (exact) mass is 322 g/mol. The Hall–Kier alpha value is -2.54. The third-order valence-corrected chi connectivity index (χ3v) is 3.05. The maximum absolute atomic E-state index is 12.5. The predicted octanol–water partition coefficient (Wildman–Crippen LogP) is 3.58. The molecule has 3 aromatic rings. The summed E-state index contributed by atoms with van der Waals surface area (Å²) in [6.45, 7) is -2.95. The van der Waals surface area contributed by atoms with Crippen molar-refractivity contribution in [2.24, 2.45) is 0 Å². The van der Waals surface area contributed by atoms with Gasteiger partial charge in [-0.25, -0.2) is 14.6 Å². The van der Waals surface area contributed by atoms with Crippen LogP contribution >= 0.6 is 11.6 Å². The zero-order chi connectivity index (χ0) is 15.5. The molecule has 0 aliphatic carbocycles. The summed E-state index contributed by atoms with van der Waals surface area (Å²) in [4.78, 5) is 7.99. The molecule has 0 aromatic carbocycles. The molecule has 0 spiro atoms. The van der Waals surface area contributed by atoms with Crippen molar-refractivity contribution >= 4 is 11.6 Å². The Morgan fingerprint density at radius 3 is 2.68 bits per heavy atom. The number of aromatic nitrogens is 4. The number of pyridine rings is 2. The second-order valence-electron chi connectivity index (χ2n) is 4.24. The van der Waals surface area contributed by atoms with Gasteiger partial charge in [0.25, 0.3) is 0 Å². The highest BCUT2D eigenvalue weighted by Gasteiger charge is 2.13. The average molecular weight is 323 g/mol. The molecule has 0 aliphatic heterocycles. The van der Waals surface area contributed by atoms with Gasteiger partial charge in [0.1, 0.15) is 5.15 Å². The third-order valence-electron chi connectivity index (χ3n) is 2.85. The normalized spacial score (nSPS) is 10.9. The summed E-state index contributed by atoms with van der Waals surface area (Å²) in [5.41, 5.74) is 0.968. The molecule has 0 radical (unpaired) electrons. The zero-order valence-corrected chi connectivity index (χ0v) is 11.8. The fourth-order valence-corrected chi connectivity index (χ4v) is 2.08. The topological polar surface area (TPSA) is 52.8 Å². The van der Waals surface area contributed by atoms with Crippen LogP contribution in [-0.4, -0.2) is 26.4 Å². The molecule has 22 heavy (non-hydrogen) atoms. The van der Waals surface area contributed by atoms with Crippen molar-refractivity contribution in [1.29, 1.82) is 0 Å². The summed E-state index contributed by atoms with van der Waals surface area (Å²) in [6, 6.07) is 6.65. The van der Waals surface area contributed by atoms with Gasteiger partial charge in [-0.15, -0.1) is 0 Å². The first kappa shape index (κ1) is 14.4. The number of ether oxygens (including phenoxy) is 1. The summed E-state index contributed by atoms with van der Waals surface area (Å²) < 4.78 is 31.0. The van der Waals surface area contributed by atoms with E-state index in [9.17, 15) is 8.78 Å². The van der Waals surface area contributed by atoms with Crippen LogP contribution in [0.4, 0.5) is 8.78 Å². The zero-order valence-electron chi connectivity index (χ0n) is 11.0. The van der Waals surface area contributed by atoms with E-state index in [0.717, 1.165) is 6.20 Å². The largest absolute Gasteiger partial charge is 0.433 e. The van der Waals surface area contributed by atoms with Gasteiger partial charge in [0.2, 0.25) is 0 Å². The molecule has 0 bridgehead atoms. The highest BCUT2D eigenvalue weighted by atomic mass is 35.5. The van der Waals surface area contributed by atoms with Crippen LogP contribution in [0.2, 0.25) is 5.15 Å². The predicted molar refractivity (Wildman–Crippen MR) is 76.2 cm³/mol. The minimum Gasteiger partial charge on any atom is -0.433 e. The molecule has 5 nitrogen and oxygen atoms in total. The van der Waals surface area contributed by atoms with Gasteiger partial charge in [0, 0.05) is 29.7 Å². The van der Waals surface area contributed by atoms with Gasteiger partial charge < -0.3 is 4.74 Å². The van der Waals surface area contributed by atoms with Crippen LogP contribution < -0.4 is 4.74 Å². The molecule has 3 aromatic heterocycles. The van der Waals surface area contributed by atoms with Gasteiger partial charge in [-0.3, -0.25) is 0 Å². The molecule has 3 heterocycles. The quantitative estimate of drug-likeness (QED) is 0.689. The lowest BCUT2D eigenvalue weighted by molar-refractivity contribution is -0.0496. The molecular formula is C14H9ClF2N4O. The molecule has 0 atom stereocenters. The van der Waals surface area contributed by atoms with E-state index in [0.29, 0.717) is 16.9 Å². The first-order valence-corrected chi connectivity index (χ1v) is 6.58. The fourth-order valence-electron chi connectivity index (χ4n) is 1.92. The van der Waals surface area contributed by atoms with E-state index < -0.39 is 6.61 Å². The second kappa shape index (κ2) is 6.07. The van der Waals surface area contributed by atoms with Crippen molar-refractivity contribution in [2.75, 3.05) is 0 Å². The summed E-state index contributed by atoms with van der Waals surface area (Å²) in [6.07, 6.45) is 6.07. The average Bonchev–Trinajstić information content (AvgIpc) is 3.03. The number of nitrogens with zero attached hydrogens (tertiary/aromatic N) is 4. The Balaban J connectivity index is 1.98. The molecule has 0 N–H and O–H groups in total. The highest BCUT2D eigenvalue weighted by Crippen LogP contribution is 2.32. The standard InChI is InChI=1S/C14H9ClF2N4O/c15-12-6-10(11(8-18-12)22-14(16)17)9-2-3-13(19-7-9)21-5-1-4-20-21/h1-8,14H. The van der Waals surface area contributed by atoms with Crippen molar-refractivity contribution in [1.82, 2.24) is 19.7 Å². The summed E-state index contributed by atoms with van der Waals surface area (Å²) in [5, 5.41) is 4.23. The van der Waals surface area contributed by atoms with Crippen molar-refractivity contribution in [3.05, 3.63) is 54.2 Å². The molecule has 0 fully saturated rings. The molecular weight excluding hydrogens is 314 g/mol. The van der Waals surface area contributed by atoms with Crippen molar-refractivity contribution < 1.29 is 13.5 Å². The van der Waals surface area contributed by atoms with Gasteiger partial charge in [0.05, 0.1) is 6.20 Å². The molecule has 0 amide bonds. The third kappa shape index (κ3) is 3.04. The minimum absolute atomic E-state index is 0.0620. The van der Waals surface area contributed by atoms with E-state index in [1.807, 2.05) is 0 Å². The van der Waals surface area contributed by atoms with Crippen LogP contribution in [0.5, 0.6) is 5.75 Å². The summed E-state index contributed by atoms with van der Waals surface area (Å²) in [5.74, 6) is 0.540. The lowest BCUT2D eigenvalue weighted by atomic mass is 10.1. The van der Waals surface area contributed by atoms with E-state index >= 15 is 0 Å². The Bertz CT molecular complexity index is 763. The van der Waals surface area contributed by atoms with Gasteiger partial charge in [-0.2, -0.15) is 13.9 Å². The molecule has 0 unspecified atom stereocenters. The molecule has 0 aliphatic rings. The Morgan fingerprint density at radius 1 is 1.18 bits per heavy atom. The van der Waals surface area contributed by atoms with E-state index in [2.05, 4.69) is 19.8 Å². The minimum atomic E-state index is -2.95. The van der Waals surface area contributed by atoms with Crippen molar-refractivity contribution in [2.45, 2.75) is 6.61 Å². The Kier molecular flexibility index (Phi) is 3.97. The fraction of sp³-hybridized carbons (Fsp3) is 0.0714. The van der Waals surface area contributed by atoms with Gasteiger partial charge >= 0.3 is 6.61 Å². The number of hydrogen-bond acceptors (Lipinski definition) is 4. The summed E-state index contributed by atoms with van der Waals surface area (Å²) >= 11 is 5.83. The molecule has 0 saturated heterocycles. The van der Waals surface area contributed by atoms with Crippen LogP contribution in [0.3, 0.4) is 0 Å². The van der Waals surface area contributed by atoms with E-state index in [1.54, 1.807) is 35.3 Å². The summed E-state index contributed by atoms with van der Waals surface area (Å²) in [7, 11) is 0. The number of rotatable bonds is 4. The lowest BCUT2D eigenvalue weighted by Crippen LogP contribution is -2.04. The van der Waals surface area contributed by atoms with Gasteiger partial charge in [-0.1, -0.05) is 11.6 Å². The van der Waals surface area contributed by atoms with Crippen LogP contribution in [0.15, 0.2) is 49.1 Å². The van der Waals surface area contributed by atoms with E-state index in [-0.39, 0.29) is 10.9 Å². The number of halogens is 3. The van der Waals surface area contributed by atoms with Gasteiger partial charge in [0.15, 0.2) is 11.6 Å². The van der Waals surface area contributed by atoms with Crippen LogP contribution in [0.25, 0.3) is 16.9 Å². The lowest BCUT2D eigenvalue weighted by Gasteiger charge is -2.11. The molecule has 0 saturated carbocycles. The van der Waals surface area contributed by atoms with E-state index in [1.165, 1.54) is 12.3 Å².